The highest BCUT2D eigenvalue weighted by Crippen LogP contribution is 2.33. The number of hydrazone groups is 1. The van der Waals surface area contributed by atoms with Gasteiger partial charge in [-0.15, -0.1) is 0 Å². The molecule has 0 unspecified atom stereocenters. The molecule has 128 valence electrons. The van der Waals surface area contributed by atoms with Gasteiger partial charge < -0.3 is 5.32 Å². The number of amidine groups is 1. The fraction of sp³-hybridized carbons (Fsp3) is 0.235. The van der Waals surface area contributed by atoms with E-state index in [4.69, 9.17) is 11.6 Å². The lowest BCUT2D eigenvalue weighted by atomic mass is 10.0. The van der Waals surface area contributed by atoms with Gasteiger partial charge in [-0.2, -0.15) is 5.10 Å². The summed E-state index contributed by atoms with van der Waals surface area (Å²) in [5.74, 6) is -1.40. The van der Waals surface area contributed by atoms with Gasteiger partial charge in [-0.1, -0.05) is 11.6 Å². The molecular formula is C17H13ClF2N4O. The molecule has 1 N–H and O–H groups in total. The van der Waals surface area contributed by atoms with E-state index in [9.17, 15) is 13.6 Å². The number of benzene rings is 1. The number of nitrogens with one attached hydrogen (secondary N) is 1. The van der Waals surface area contributed by atoms with Gasteiger partial charge in [0.15, 0.2) is 0 Å². The SMILES string of the molecule is O=C(NC1CC1)C1=C(c2cc(F)c(Cl)cc2F)N2N=CC=CC2=NC1. The van der Waals surface area contributed by atoms with E-state index in [0.29, 0.717) is 5.84 Å². The predicted molar refractivity (Wildman–Crippen MR) is 91.2 cm³/mol. The molecule has 0 bridgehead atoms. The number of aliphatic imine (C=N–C) groups is 1. The second-order valence-corrected chi connectivity index (χ2v) is 6.34. The lowest BCUT2D eigenvalue weighted by molar-refractivity contribution is -0.117. The molecule has 2 aliphatic heterocycles. The zero-order chi connectivity index (χ0) is 17.6. The molecular weight excluding hydrogens is 350 g/mol. The number of amides is 1. The molecule has 2 heterocycles. The smallest absolute Gasteiger partial charge is 0.251 e. The predicted octanol–water partition coefficient (Wildman–Crippen LogP) is 2.88. The maximum Gasteiger partial charge on any atom is 0.251 e. The van der Waals surface area contributed by atoms with Gasteiger partial charge in [-0.05, 0) is 37.1 Å². The lowest BCUT2D eigenvalue weighted by Crippen LogP contribution is -2.36. The third kappa shape index (κ3) is 2.95. The van der Waals surface area contributed by atoms with Crippen molar-refractivity contribution < 1.29 is 13.6 Å². The molecule has 1 aromatic rings. The Labute approximate surface area is 147 Å². The van der Waals surface area contributed by atoms with Crippen molar-refractivity contribution in [2.75, 3.05) is 6.54 Å². The van der Waals surface area contributed by atoms with Gasteiger partial charge in [-0.25, -0.2) is 13.8 Å². The summed E-state index contributed by atoms with van der Waals surface area (Å²) >= 11 is 5.65. The number of hydrogen-bond donors (Lipinski definition) is 1. The Hall–Kier alpha value is -2.54. The number of hydrogen-bond acceptors (Lipinski definition) is 4. The van der Waals surface area contributed by atoms with Crippen molar-refractivity contribution in [3.05, 3.63) is 52.1 Å². The van der Waals surface area contributed by atoms with E-state index in [1.807, 2.05) is 0 Å². The molecule has 1 aromatic carbocycles. The number of halogens is 3. The number of fused-ring (bicyclic) bond motifs is 1. The van der Waals surface area contributed by atoms with Crippen LogP contribution >= 0.6 is 11.6 Å². The van der Waals surface area contributed by atoms with Crippen molar-refractivity contribution in [1.29, 1.82) is 0 Å². The highest BCUT2D eigenvalue weighted by molar-refractivity contribution is 6.30. The van der Waals surface area contributed by atoms with Crippen LogP contribution in [0.3, 0.4) is 0 Å². The quantitative estimate of drug-likeness (QED) is 0.841. The third-order valence-electron chi connectivity index (χ3n) is 4.08. The summed E-state index contributed by atoms with van der Waals surface area (Å²) in [6.45, 7) is 0.0588. The highest BCUT2D eigenvalue weighted by Gasteiger charge is 2.33. The van der Waals surface area contributed by atoms with Crippen LogP contribution in [0.4, 0.5) is 8.78 Å². The second kappa shape index (κ2) is 6.07. The summed E-state index contributed by atoms with van der Waals surface area (Å²) in [6, 6.07) is 2.00. The molecule has 5 nitrogen and oxygen atoms in total. The van der Waals surface area contributed by atoms with E-state index in [-0.39, 0.29) is 40.4 Å². The van der Waals surface area contributed by atoms with E-state index < -0.39 is 11.6 Å². The molecule has 4 rings (SSSR count). The van der Waals surface area contributed by atoms with Crippen LogP contribution in [0, 0.1) is 11.6 Å². The van der Waals surface area contributed by atoms with Gasteiger partial charge in [-0.3, -0.25) is 9.79 Å². The Morgan fingerprint density at radius 3 is 2.84 bits per heavy atom. The maximum atomic E-state index is 14.5. The molecule has 0 saturated heterocycles. The largest absolute Gasteiger partial charge is 0.349 e. The van der Waals surface area contributed by atoms with Gasteiger partial charge in [0.05, 0.1) is 22.8 Å². The molecule has 25 heavy (non-hydrogen) atoms. The number of allylic oxidation sites excluding steroid dienone is 1. The first-order valence-electron chi connectivity index (χ1n) is 7.79. The molecule has 3 aliphatic rings. The third-order valence-corrected chi connectivity index (χ3v) is 4.37. The van der Waals surface area contributed by atoms with Crippen LogP contribution in [0.25, 0.3) is 5.70 Å². The first-order valence-corrected chi connectivity index (χ1v) is 8.16. The van der Waals surface area contributed by atoms with Crippen LogP contribution in [0.5, 0.6) is 0 Å². The molecule has 0 radical (unpaired) electrons. The van der Waals surface area contributed by atoms with Crippen molar-refractivity contribution in [3.63, 3.8) is 0 Å². The zero-order valence-corrected chi connectivity index (χ0v) is 13.7. The molecule has 0 spiro atoms. The van der Waals surface area contributed by atoms with Crippen molar-refractivity contribution in [1.82, 2.24) is 10.3 Å². The standard InChI is InChI=1S/C17H13ClF2N4O/c18-12-7-13(19)10(6-14(12)20)16-11(17(25)23-9-3-4-9)8-21-15-2-1-5-22-24(15)16/h1-2,5-7,9H,3-4,8H2,(H,23,25). The Kier molecular flexibility index (Phi) is 3.88. The van der Waals surface area contributed by atoms with Crippen molar-refractivity contribution in [2.45, 2.75) is 18.9 Å². The van der Waals surface area contributed by atoms with Crippen molar-refractivity contribution >= 4 is 35.3 Å². The summed E-state index contributed by atoms with van der Waals surface area (Å²) in [6.07, 6.45) is 6.69. The van der Waals surface area contributed by atoms with E-state index in [1.54, 1.807) is 12.2 Å². The first kappa shape index (κ1) is 16.0. The zero-order valence-electron chi connectivity index (χ0n) is 13.0. The van der Waals surface area contributed by atoms with E-state index in [1.165, 1.54) is 11.2 Å². The van der Waals surface area contributed by atoms with Crippen LogP contribution in [0.1, 0.15) is 18.4 Å². The summed E-state index contributed by atoms with van der Waals surface area (Å²) in [7, 11) is 0. The average molecular weight is 363 g/mol. The lowest BCUT2D eigenvalue weighted by Gasteiger charge is -2.30. The number of nitrogens with zero attached hydrogens (tertiary/aromatic N) is 3. The summed E-state index contributed by atoms with van der Waals surface area (Å²) in [4.78, 5) is 16.9. The highest BCUT2D eigenvalue weighted by atomic mass is 35.5. The van der Waals surface area contributed by atoms with Gasteiger partial charge in [0, 0.05) is 17.8 Å². The topological polar surface area (TPSA) is 57.1 Å². The minimum Gasteiger partial charge on any atom is -0.349 e. The number of carbonyl (C=O) groups is 1. The van der Waals surface area contributed by atoms with Crippen LogP contribution in [0.2, 0.25) is 5.02 Å². The minimum absolute atomic E-state index is 0.0588. The van der Waals surface area contributed by atoms with Crippen LogP contribution in [0.15, 0.2) is 40.0 Å². The number of carbonyl (C=O) groups excluding carboxylic acids is 1. The Morgan fingerprint density at radius 2 is 2.08 bits per heavy atom. The average Bonchev–Trinajstić information content (AvgIpc) is 3.41. The summed E-state index contributed by atoms with van der Waals surface area (Å²) in [5, 5.41) is 8.04. The van der Waals surface area contributed by atoms with E-state index in [2.05, 4.69) is 15.4 Å². The summed E-state index contributed by atoms with van der Waals surface area (Å²) < 4.78 is 28.5. The molecule has 0 aromatic heterocycles. The fourth-order valence-corrected chi connectivity index (χ4v) is 2.83. The van der Waals surface area contributed by atoms with Crippen LogP contribution < -0.4 is 5.32 Å². The van der Waals surface area contributed by atoms with E-state index >= 15 is 0 Å². The Morgan fingerprint density at radius 1 is 1.28 bits per heavy atom. The number of rotatable bonds is 3. The normalized spacial score (nSPS) is 19.0. The van der Waals surface area contributed by atoms with E-state index in [0.717, 1.165) is 25.0 Å². The first-order chi connectivity index (χ1) is 12.0. The molecule has 0 atom stereocenters. The monoisotopic (exact) mass is 362 g/mol. The maximum absolute atomic E-state index is 14.5. The molecule has 1 fully saturated rings. The molecule has 1 saturated carbocycles. The molecule has 1 amide bonds. The van der Waals surface area contributed by atoms with Crippen molar-refractivity contribution in [3.8, 4) is 0 Å². The molecule has 1 aliphatic carbocycles. The van der Waals surface area contributed by atoms with Crippen LogP contribution in [-0.4, -0.2) is 35.6 Å². The Balaban J connectivity index is 1.85. The minimum atomic E-state index is -0.770. The van der Waals surface area contributed by atoms with Gasteiger partial charge in [0.1, 0.15) is 17.5 Å². The Bertz CT molecular complexity index is 887. The van der Waals surface area contributed by atoms with Gasteiger partial charge >= 0.3 is 0 Å². The summed E-state index contributed by atoms with van der Waals surface area (Å²) in [5.41, 5.74) is 0.336. The van der Waals surface area contributed by atoms with Gasteiger partial charge in [0.2, 0.25) is 0 Å². The van der Waals surface area contributed by atoms with Crippen molar-refractivity contribution in [2.24, 2.45) is 10.1 Å². The van der Waals surface area contributed by atoms with Gasteiger partial charge in [0.25, 0.3) is 5.91 Å². The van der Waals surface area contributed by atoms with Crippen LogP contribution in [-0.2, 0) is 4.79 Å². The second-order valence-electron chi connectivity index (χ2n) is 5.93. The molecule has 8 heteroatoms. The fourth-order valence-electron chi connectivity index (χ4n) is 2.68.